The first-order valence-electron chi connectivity index (χ1n) is 6.25. The van der Waals surface area contributed by atoms with Gasteiger partial charge in [-0.05, 0) is 5.56 Å². The SMILES string of the molecule is O=C(c1ccccc1)[C@@H]1O[C@H]1[C@@H](O)c1ccccc1. The van der Waals surface area contributed by atoms with Crippen molar-refractivity contribution in [3.05, 3.63) is 71.8 Å². The highest BCUT2D eigenvalue weighted by atomic mass is 16.6. The summed E-state index contributed by atoms with van der Waals surface area (Å²) in [5.74, 6) is -0.0689. The summed E-state index contributed by atoms with van der Waals surface area (Å²) in [6, 6.07) is 18.3. The number of ether oxygens (including phenoxy) is 1. The van der Waals surface area contributed by atoms with Crippen LogP contribution in [0.25, 0.3) is 0 Å². The van der Waals surface area contributed by atoms with Crippen LogP contribution in [0.15, 0.2) is 60.7 Å². The maximum absolute atomic E-state index is 12.1. The molecule has 0 saturated carbocycles. The van der Waals surface area contributed by atoms with Crippen LogP contribution in [0.3, 0.4) is 0 Å². The second-order valence-electron chi connectivity index (χ2n) is 4.61. The van der Waals surface area contributed by atoms with Gasteiger partial charge in [-0.3, -0.25) is 4.79 Å². The first-order valence-corrected chi connectivity index (χ1v) is 6.25. The summed E-state index contributed by atoms with van der Waals surface area (Å²) >= 11 is 0. The van der Waals surface area contributed by atoms with Crippen LogP contribution in [0.1, 0.15) is 22.0 Å². The molecule has 3 rings (SSSR count). The summed E-state index contributed by atoms with van der Waals surface area (Å²) in [6.45, 7) is 0. The minimum absolute atomic E-state index is 0.0689. The molecule has 19 heavy (non-hydrogen) atoms. The van der Waals surface area contributed by atoms with E-state index in [9.17, 15) is 9.90 Å². The van der Waals surface area contributed by atoms with E-state index in [2.05, 4.69) is 0 Å². The van der Waals surface area contributed by atoms with Crippen molar-refractivity contribution < 1.29 is 14.6 Å². The fraction of sp³-hybridized carbons (Fsp3) is 0.188. The van der Waals surface area contributed by atoms with Gasteiger partial charge in [-0.1, -0.05) is 60.7 Å². The number of hydrogen-bond donors (Lipinski definition) is 1. The Morgan fingerprint density at radius 1 is 1.00 bits per heavy atom. The molecule has 0 bridgehead atoms. The predicted molar refractivity (Wildman–Crippen MR) is 70.8 cm³/mol. The molecule has 3 heteroatoms. The average molecular weight is 254 g/mol. The van der Waals surface area contributed by atoms with Crippen molar-refractivity contribution in [2.24, 2.45) is 0 Å². The number of carbonyl (C=O) groups is 1. The lowest BCUT2D eigenvalue weighted by Gasteiger charge is -2.07. The molecule has 0 amide bonds. The molecule has 1 heterocycles. The van der Waals surface area contributed by atoms with Gasteiger partial charge in [0.15, 0.2) is 5.78 Å². The number of ketones is 1. The fourth-order valence-corrected chi connectivity index (χ4v) is 2.18. The second-order valence-corrected chi connectivity index (χ2v) is 4.61. The molecular formula is C16H14O3. The molecule has 0 unspecified atom stereocenters. The van der Waals surface area contributed by atoms with Crippen LogP contribution in [-0.2, 0) is 4.74 Å². The monoisotopic (exact) mass is 254 g/mol. The van der Waals surface area contributed by atoms with Crippen LogP contribution in [0.5, 0.6) is 0 Å². The van der Waals surface area contributed by atoms with Gasteiger partial charge >= 0.3 is 0 Å². The van der Waals surface area contributed by atoms with Gasteiger partial charge in [-0.15, -0.1) is 0 Å². The Labute approximate surface area is 111 Å². The molecule has 0 spiro atoms. The third kappa shape index (κ3) is 2.43. The quantitative estimate of drug-likeness (QED) is 0.673. The summed E-state index contributed by atoms with van der Waals surface area (Å²) in [7, 11) is 0. The minimum atomic E-state index is -0.751. The molecule has 2 aromatic carbocycles. The van der Waals surface area contributed by atoms with E-state index in [0.717, 1.165) is 5.56 Å². The molecular weight excluding hydrogens is 240 g/mol. The highest BCUT2D eigenvalue weighted by Gasteiger charge is 2.49. The maximum Gasteiger partial charge on any atom is 0.194 e. The molecule has 0 aromatic heterocycles. The summed E-state index contributed by atoms with van der Waals surface area (Å²) in [5, 5.41) is 10.1. The highest BCUT2D eigenvalue weighted by molar-refractivity contribution is 6.01. The molecule has 1 aliphatic heterocycles. The Kier molecular flexibility index (Phi) is 3.15. The van der Waals surface area contributed by atoms with Crippen LogP contribution in [-0.4, -0.2) is 23.1 Å². The van der Waals surface area contributed by atoms with Crippen LogP contribution < -0.4 is 0 Å². The molecule has 1 aliphatic rings. The molecule has 96 valence electrons. The van der Waals surface area contributed by atoms with Gasteiger partial charge in [-0.2, -0.15) is 0 Å². The lowest BCUT2D eigenvalue weighted by Crippen LogP contribution is -2.15. The number of aliphatic hydroxyl groups excluding tert-OH is 1. The van der Waals surface area contributed by atoms with Gasteiger partial charge in [0.25, 0.3) is 0 Å². The fourth-order valence-electron chi connectivity index (χ4n) is 2.18. The van der Waals surface area contributed by atoms with E-state index in [0.29, 0.717) is 5.56 Å². The van der Waals surface area contributed by atoms with Crippen LogP contribution in [0.4, 0.5) is 0 Å². The molecule has 1 fully saturated rings. The smallest absolute Gasteiger partial charge is 0.194 e. The molecule has 0 radical (unpaired) electrons. The Hall–Kier alpha value is -1.97. The summed E-state index contributed by atoms with van der Waals surface area (Å²) < 4.78 is 5.35. The average Bonchev–Trinajstić information content (AvgIpc) is 3.28. The standard InChI is InChI=1S/C16H14O3/c17-13(11-7-3-1-4-8-11)15-16(19-15)14(18)12-9-5-2-6-10-12/h1-10,13,15-17H/t13-,15-,16-/m0/s1. The van der Waals surface area contributed by atoms with E-state index in [1.807, 2.05) is 48.5 Å². The van der Waals surface area contributed by atoms with Crippen LogP contribution >= 0.6 is 0 Å². The zero-order valence-electron chi connectivity index (χ0n) is 10.3. The second kappa shape index (κ2) is 4.96. The lowest BCUT2D eigenvalue weighted by molar-refractivity contribution is 0.0953. The number of Topliss-reactive ketones (excluding diaryl/α,β-unsaturated/α-hetero) is 1. The van der Waals surface area contributed by atoms with Crippen molar-refractivity contribution >= 4 is 5.78 Å². The highest BCUT2D eigenvalue weighted by Crippen LogP contribution is 2.36. The topological polar surface area (TPSA) is 49.8 Å². The Balaban J connectivity index is 1.70. The summed E-state index contributed by atoms with van der Waals surface area (Å²) in [5.41, 5.74) is 1.39. The number of rotatable bonds is 4. The van der Waals surface area contributed by atoms with Gasteiger partial charge < -0.3 is 9.84 Å². The summed E-state index contributed by atoms with van der Waals surface area (Å²) in [6.07, 6.45) is -1.72. The molecule has 2 aromatic rings. The van der Waals surface area contributed by atoms with Crippen LogP contribution in [0.2, 0.25) is 0 Å². The predicted octanol–water partition coefficient (Wildman–Crippen LogP) is 2.37. The van der Waals surface area contributed by atoms with Gasteiger partial charge in [0.2, 0.25) is 0 Å². The van der Waals surface area contributed by atoms with Crippen molar-refractivity contribution in [3.63, 3.8) is 0 Å². The van der Waals surface area contributed by atoms with Crippen LogP contribution in [0, 0.1) is 0 Å². The summed E-state index contributed by atoms with van der Waals surface area (Å²) in [4.78, 5) is 12.1. The molecule has 1 N–H and O–H groups in total. The number of carbonyl (C=O) groups excluding carboxylic acids is 1. The first-order chi connectivity index (χ1) is 9.27. The van der Waals surface area contributed by atoms with E-state index in [-0.39, 0.29) is 5.78 Å². The maximum atomic E-state index is 12.1. The number of epoxide rings is 1. The van der Waals surface area contributed by atoms with Crippen molar-refractivity contribution in [2.75, 3.05) is 0 Å². The molecule has 3 nitrogen and oxygen atoms in total. The molecule has 3 atom stereocenters. The van der Waals surface area contributed by atoms with E-state index in [1.54, 1.807) is 12.1 Å². The molecule has 0 aliphatic carbocycles. The zero-order valence-corrected chi connectivity index (χ0v) is 10.3. The Bertz CT molecular complexity index is 565. The molecule has 1 saturated heterocycles. The zero-order chi connectivity index (χ0) is 13.2. The minimum Gasteiger partial charge on any atom is -0.386 e. The normalized spacial score (nSPS) is 22.8. The third-order valence-corrected chi connectivity index (χ3v) is 3.29. The number of benzene rings is 2. The van der Waals surface area contributed by atoms with E-state index < -0.39 is 18.3 Å². The van der Waals surface area contributed by atoms with Crippen molar-refractivity contribution in [1.29, 1.82) is 0 Å². The van der Waals surface area contributed by atoms with Crippen molar-refractivity contribution in [2.45, 2.75) is 18.3 Å². The van der Waals surface area contributed by atoms with Crippen molar-refractivity contribution in [1.82, 2.24) is 0 Å². The van der Waals surface area contributed by atoms with E-state index >= 15 is 0 Å². The Morgan fingerprint density at radius 3 is 2.21 bits per heavy atom. The Morgan fingerprint density at radius 2 is 1.58 bits per heavy atom. The van der Waals surface area contributed by atoms with E-state index in [1.165, 1.54) is 0 Å². The number of aliphatic hydroxyl groups is 1. The van der Waals surface area contributed by atoms with E-state index in [4.69, 9.17) is 4.74 Å². The van der Waals surface area contributed by atoms with Crippen molar-refractivity contribution in [3.8, 4) is 0 Å². The van der Waals surface area contributed by atoms with Gasteiger partial charge in [0, 0.05) is 5.56 Å². The third-order valence-electron chi connectivity index (χ3n) is 3.29. The first kappa shape index (κ1) is 12.1. The van der Waals surface area contributed by atoms with Gasteiger partial charge in [0.05, 0.1) is 0 Å². The lowest BCUT2D eigenvalue weighted by atomic mass is 10.0. The largest absolute Gasteiger partial charge is 0.386 e. The number of hydrogen-bond acceptors (Lipinski definition) is 3. The van der Waals surface area contributed by atoms with Gasteiger partial charge in [-0.25, -0.2) is 0 Å². The van der Waals surface area contributed by atoms with Gasteiger partial charge in [0.1, 0.15) is 18.3 Å².